The van der Waals surface area contributed by atoms with Crippen molar-refractivity contribution in [1.29, 1.82) is 0 Å². The highest BCUT2D eigenvalue weighted by Gasteiger charge is 2.16. The summed E-state index contributed by atoms with van der Waals surface area (Å²) in [5, 5.41) is 5.32. The SMILES string of the molecule is Cl.NCC(NC(=O)CCOCC1CCCO1)c1ccc2ccccc2c1. The second kappa shape index (κ2) is 10.5. The topological polar surface area (TPSA) is 73.6 Å². The third-order valence-electron chi connectivity index (χ3n) is 4.55. The number of nitrogens with one attached hydrogen (secondary N) is 1. The van der Waals surface area contributed by atoms with Crippen molar-refractivity contribution in [3.8, 4) is 0 Å². The van der Waals surface area contributed by atoms with E-state index in [0.717, 1.165) is 30.4 Å². The van der Waals surface area contributed by atoms with Crippen molar-refractivity contribution < 1.29 is 14.3 Å². The Balaban J connectivity index is 0.00000243. The minimum absolute atomic E-state index is 0. The Morgan fingerprint density at radius 2 is 2.08 bits per heavy atom. The van der Waals surface area contributed by atoms with E-state index < -0.39 is 0 Å². The van der Waals surface area contributed by atoms with Crippen molar-refractivity contribution >= 4 is 29.1 Å². The number of benzene rings is 2. The first-order chi connectivity index (χ1) is 12.3. The van der Waals surface area contributed by atoms with Crippen molar-refractivity contribution in [2.45, 2.75) is 31.4 Å². The van der Waals surface area contributed by atoms with Gasteiger partial charge in [0.25, 0.3) is 0 Å². The maximum atomic E-state index is 12.2. The van der Waals surface area contributed by atoms with Gasteiger partial charge in [-0.3, -0.25) is 4.79 Å². The second-order valence-electron chi connectivity index (χ2n) is 6.42. The summed E-state index contributed by atoms with van der Waals surface area (Å²) < 4.78 is 11.0. The molecule has 0 aromatic heterocycles. The number of amides is 1. The number of carbonyl (C=O) groups is 1. The highest BCUT2D eigenvalue weighted by atomic mass is 35.5. The molecule has 0 spiro atoms. The molecule has 0 radical (unpaired) electrons. The molecule has 2 aromatic carbocycles. The van der Waals surface area contributed by atoms with Crippen LogP contribution < -0.4 is 11.1 Å². The van der Waals surface area contributed by atoms with E-state index >= 15 is 0 Å². The quantitative estimate of drug-likeness (QED) is 0.692. The van der Waals surface area contributed by atoms with Gasteiger partial charge in [-0.05, 0) is 35.2 Å². The Kier molecular flexibility index (Phi) is 8.32. The van der Waals surface area contributed by atoms with Crippen molar-refractivity contribution in [1.82, 2.24) is 5.32 Å². The van der Waals surface area contributed by atoms with Crippen LogP contribution in [0.15, 0.2) is 42.5 Å². The number of nitrogens with two attached hydrogens (primary N) is 1. The zero-order chi connectivity index (χ0) is 17.5. The molecule has 1 fully saturated rings. The van der Waals surface area contributed by atoms with Crippen molar-refractivity contribution in [2.24, 2.45) is 5.73 Å². The molecule has 0 bridgehead atoms. The van der Waals surface area contributed by atoms with Crippen molar-refractivity contribution in [3.05, 3.63) is 48.0 Å². The molecule has 2 unspecified atom stereocenters. The molecule has 0 aliphatic carbocycles. The van der Waals surface area contributed by atoms with Gasteiger partial charge in [-0.25, -0.2) is 0 Å². The van der Waals surface area contributed by atoms with Crippen LogP contribution in [0.5, 0.6) is 0 Å². The molecule has 6 heteroatoms. The van der Waals surface area contributed by atoms with Crippen LogP contribution in [0, 0.1) is 0 Å². The van der Waals surface area contributed by atoms with Gasteiger partial charge in [0.1, 0.15) is 0 Å². The average Bonchev–Trinajstić information content (AvgIpc) is 3.16. The van der Waals surface area contributed by atoms with Crippen LogP contribution in [0.3, 0.4) is 0 Å². The molecular formula is C20H27ClN2O3. The third kappa shape index (κ3) is 5.68. The molecule has 5 nitrogen and oxygen atoms in total. The van der Waals surface area contributed by atoms with Crippen LogP contribution in [0.2, 0.25) is 0 Å². The van der Waals surface area contributed by atoms with E-state index in [9.17, 15) is 4.79 Å². The highest BCUT2D eigenvalue weighted by Crippen LogP contribution is 2.20. The molecule has 2 atom stereocenters. The van der Waals surface area contributed by atoms with E-state index in [4.69, 9.17) is 15.2 Å². The van der Waals surface area contributed by atoms with Crippen LogP contribution in [-0.2, 0) is 14.3 Å². The first-order valence-electron chi connectivity index (χ1n) is 8.94. The number of rotatable bonds is 8. The Morgan fingerprint density at radius 3 is 2.81 bits per heavy atom. The monoisotopic (exact) mass is 378 g/mol. The predicted molar refractivity (Wildman–Crippen MR) is 106 cm³/mol. The fourth-order valence-electron chi connectivity index (χ4n) is 3.12. The number of hydrogen-bond donors (Lipinski definition) is 2. The lowest BCUT2D eigenvalue weighted by atomic mass is 10.0. The van der Waals surface area contributed by atoms with Gasteiger partial charge in [-0.1, -0.05) is 36.4 Å². The maximum Gasteiger partial charge on any atom is 0.222 e. The summed E-state index contributed by atoms with van der Waals surface area (Å²) in [6, 6.07) is 14.1. The van der Waals surface area contributed by atoms with Crippen LogP contribution in [0.4, 0.5) is 0 Å². The lowest BCUT2D eigenvalue weighted by molar-refractivity contribution is -0.123. The summed E-state index contributed by atoms with van der Waals surface area (Å²) in [6.45, 7) is 2.15. The molecule has 142 valence electrons. The minimum atomic E-state index is -0.185. The molecule has 1 aliphatic heterocycles. The molecule has 26 heavy (non-hydrogen) atoms. The van der Waals surface area contributed by atoms with Crippen molar-refractivity contribution in [3.63, 3.8) is 0 Å². The van der Waals surface area contributed by atoms with E-state index in [-0.39, 0.29) is 30.5 Å². The third-order valence-corrected chi connectivity index (χ3v) is 4.55. The molecule has 1 saturated heterocycles. The summed E-state index contributed by atoms with van der Waals surface area (Å²) in [5.74, 6) is -0.0454. The lowest BCUT2D eigenvalue weighted by Gasteiger charge is -2.18. The number of ether oxygens (including phenoxy) is 2. The molecule has 0 saturated carbocycles. The lowest BCUT2D eigenvalue weighted by Crippen LogP contribution is -2.34. The average molecular weight is 379 g/mol. The van der Waals surface area contributed by atoms with E-state index in [2.05, 4.69) is 29.6 Å². The van der Waals surface area contributed by atoms with Crippen LogP contribution in [0.1, 0.15) is 30.9 Å². The van der Waals surface area contributed by atoms with Gasteiger partial charge in [0.2, 0.25) is 5.91 Å². The molecule has 3 rings (SSSR count). The van der Waals surface area contributed by atoms with Crippen LogP contribution >= 0.6 is 12.4 Å². The van der Waals surface area contributed by atoms with Gasteiger partial charge >= 0.3 is 0 Å². The zero-order valence-corrected chi connectivity index (χ0v) is 15.7. The molecule has 1 aliphatic rings. The fraction of sp³-hybridized carbons (Fsp3) is 0.450. The standard InChI is InChI=1S/C20H26N2O3.ClH/c21-13-19(17-8-7-15-4-1-2-5-16(15)12-17)22-20(23)9-11-24-14-18-6-3-10-25-18;/h1-2,4-5,7-8,12,18-19H,3,6,9-11,13-14,21H2,(H,22,23);1H. The Morgan fingerprint density at radius 1 is 1.27 bits per heavy atom. The van der Waals surface area contributed by atoms with Crippen LogP contribution in [0.25, 0.3) is 10.8 Å². The first-order valence-corrected chi connectivity index (χ1v) is 8.94. The maximum absolute atomic E-state index is 12.2. The summed E-state index contributed by atoms with van der Waals surface area (Å²) in [6.07, 6.45) is 2.66. The Hall–Kier alpha value is -1.66. The number of carbonyl (C=O) groups excluding carboxylic acids is 1. The fourth-order valence-corrected chi connectivity index (χ4v) is 3.12. The summed E-state index contributed by atoms with van der Waals surface area (Å²) in [5.41, 5.74) is 6.90. The normalized spacial score (nSPS) is 17.7. The van der Waals surface area contributed by atoms with Gasteiger partial charge in [-0.2, -0.15) is 0 Å². The van der Waals surface area contributed by atoms with E-state index in [0.29, 0.717) is 26.2 Å². The van der Waals surface area contributed by atoms with E-state index in [1.54, 1.807) is 0 Å². The largest absolute Gasteiger partial charge is 0.378 e. The van der Waals surface area contributed by atoms with Gasteiger partial charge < -0.3 is 20.5 Å². The van der Waals surface area contributed by atoms with Gasteiger partial charge in [-0.15, -0.1) is 12.4 Å². The van der Waals surface area contributed by atoms with Gasteiger partial charge in [0, 0.05) is 19.6 Å². The summed E-state index contributed by atoms with van der Waals surface area (Å²) in [4.78, 5) is 12.2. The molecule has 1 heterocycles. The summed E-state index contributed by atoms with van der Waals surface area (Å²) in [7, 11) is 0. The minimum Gasteiger partial charge on any atom is -0.378 e. The molecular weight excluding hydrogens is 352 g/mol. The smallest absolute Gasteiger partial charge is 0.222 e. The van der Waals surface area contributed by atoms with Gasteiger partial charge in [0.05, 0.1) is 25.4 Å². The predicted octanol–water partition coefficient (Wildman–Crippen LogP) is 2.96. The van der Waals surface area contributed by atoms with Gasteiger partial charge in [0.15, 0.2) is 0 Å². The molecule has 1 amide bonds. The molecule has 2 aromatic rings. The Bertz CT molecular complexity index is 704. The number of hydrogen-bond acceptors (Lipinski definition) is 4. The Labute approximate surface area is 160 Å². The van der Waals surface area contributed by atoms with E-state index in [1.165, 1.54) is 5.39 Å². The summed E-state index contributed by atoms with van der Waals surface area (Å²) >= 11 is 0. The highest BCUT2D eigenvalue weighted by molar-refractivity contribution is 5.85. The first kappa shape index (κ1) is 20.6. The molecule has 3 N–H and O–H groups in total. The van der Waals surface area contributed by atoms with Crippen molar-refractivity contribution in [2.75, 3.05) is 26.4 Å². The zero-order valence-electron chi connectivity index (χ0n) is 14.9. The second-order valence-corrected chi connectivity index (χ2v) is 6.42. The van der Waals surface area contributed by atoms with E-state index in [1.807, 2.05) is 18.2 Å². The number of fused-ring (bicyclic) bond motifs is 1. The van der Waals surface area contributed by atoms with Crippen LogP contribution in [-0.4, -0.2) is 38.4 Å². The number of halogens is 1.